The van der Waals surface area contributed by atoms with Gasteiger partial charge in [0.1, 0.15) is 10.6 Å². The monoisotopic (exact) mass is 427 g/mol. The number of nitrogens with one attached hydrogen (secondary N) is 2. The summed E-state index contributed by atoms with van der Waals surface area (Å²) in [6, 6.07) is 12.3. The number of rotatable bonds is 5. The average molecular weight is 428 g/mol. The van der Waals surface area contributed by atoms with Crippen molar-refractivity contribution in [2.75, 3.05) is 25.5 Å². The molecule has 1 aliphatic heterocycles. The van der Waals surface area contributed by atoms with Crippen LogP contribution in [0.3, 0.4) is 0 Å². The minimum atomic E-state index is -3.71. The maximum absolute atomic E-state index is 13.2. The lowest BCUT2D eigenvalue weighted by atomic mass is 10.1. The molecule has 0 unspecified atom stereocenters. The number of H-pyrrole nitrogens is 1. The summed E-state index contributed by atoms with van der Waals surface area (Å²) >= 11 is 0. The minimum Gasteiger partial charge on any atom is -0.495 e. The van der Waals surface area contributed by atoms with Crippen LogP contribution in [-0.2, 0) is 10.0 Å². The highest BCUT2D eigenvalue weighted by atomic mass is 32.2. The Morgan fingerprint density at radius 1 is 1.10 bits per heavy atom. The van der Waals surface area contributed by atoms with Gasteiger partial charge in [0.05, 0.1) is 12.7 Å². The Balaban J connectivity index is 1.68. The van der Waals surface area contributed by atoms with Crippen molar-refractivity contribution in [2.45, 2.75) is 31.1 Å². The van der Waals surface area contributed by atoms with Crippen LogP contribution in [0.5, 0.6) is 5.75 Å². The number of ether oxygens (including phenoxy) is 1. The SMILES string of the molecule is COc1ccc(NC(=O)c2c(C)[nH]c3ccccc23)cc1S(=O)(=O)N1CCCCC1. The summed E-state index contributed by atoms with van der Waals surface area (Å²) in [5.41, 5.74) is 2.58. The highest BCUT2D eigenvalue weighted by Gasteiger charge is 2.29. The van der Waals surface area contributed by atoms with E-state index in [2.05, 4.69) is 10.3 Å². The van der Waals surface area contributed by atoms with Gasteiger partial charge in [-0.25, -0.2) is 8.42 Å². The van der Waals surface area contributed by atoms with Crippen molar-refractivity contribution in [3.05, 3.63) is 53.7 Å². The number of fused-ring (bicyclic) bond motifs is 1. The molecule has 0 radical (unpaired) electrons. The number of piperidine rings is 1. The summed E-state index contributed by atoms with van der Waals surface area (Å²) in [7, 11) is -2.27. The molecular weight excluding hydrogens is 402 g/mol. The summed E-state index contributed by atoms with van der Waals surface area (Å²) in [5.74, 6) is -0.0294. The minimum absolute atomic E-state index is 0.0698. The van der Waals surface area contributed by atoms with Gasteiger partial charge in [0.15, 0.2) is 0 Å². The second-order valence-corrected chi connectivity index (χ2v) is 9.36. The Morgan fingerprint density at radius 3 is 2.57 bits per heavy atom. The summed E-state index contributed by atoms with van der Waals surface area (Å²) in [6.45, 7) is 2.84. The topological polar surface area (TPSA) is 91.5 Å². The lowest BCUT2D eigenvalue weighted by Gasteiger charge is -2.26. The van der Waals surface area contributed by atoms with E-state index in [-0.39, 0.29) is 16.6 Å². The van der Waals surface area contributed by atoms with Crippen molar-refractivity contribution in [2.24, 2.45) is 0 Å². The van der Waals surface area contributed by atoms with Crippen LogP contribution in [-0.4, -0.2) is 43.8 Å². The number of hydrogen-bond donors (Lipinski definition) is 2. The third kappa shape index (κ3) is 3.68. The fourth-order valence-electron chi connectivity index (χ4n) is 3.96. The quantitative estimate of drug-likeness (QED) is 0.646. The molecule has 1 aromatic heterocycles. The molecule has 3 aromatic rings. The van der Waals surface area contributed by atoms with Gasteiger partial charge in [0.2, 0.25) is 10.0 Å². The number of sulfonamides is 1. The zero-order valence-electron chi connectivity index (χ0n) is 17.1. The summed E-state index contributed by atoms with van der Waals surface area (Å²) in [6.07, 6.45) is 2.72. The molecular formula is C22H25N3O4S. The molecule has 2 aromatic carbocycles. The van der Waals surface area contributed by atoms with Crippen LogP contribution in [0.1, 0.15) is 35.3 Å². The van der Waals surface area contributed by atoms with Gasteiger partial charge >= 0.3 is 0 Å². The van der Waals surface area contributed by atoms with Crippen LogP contribution in [0.2, 0.25) is 0 Å². The van der Waals surface area contributed by atoms with E-state index >= 15 is 0 Å². The first-order chi connectivity index (χ1) is 14.4. The molecule has 1 aliphatic rings. The van der Waals surface area contributed by atoms with Gasteiger partial charge < -0.3 is 15.0 Å². The van der Waals surface area contributed by atoms with Gasteiger partial charge in [-0.3, -0.25) is 4.79 Å². The highest BCUT2D eigenvalue weighted by molar-refractivity contribution is 7.89. The molecule has 4 rings (SSSR count). The second-order valence-electron chi connectivity index (χ2n) is 7.46. The molecule has 0 atom stereocenters. The Kier molecular flexibility index (Phi) is 5.53. The summed E-state index contributed by atoms with van der Waals surface area (Å²) in [4.78, 5) is 16.3. The van der Waals surface area contributed by atoms with Gasteiger partial charge in [0, 0.05) is 35.4 Å². The fourth-order valence-corrected chi connectivity index (χ4v) is 5.66. The first-order valence-electron chi connectivity index (χ1n) is 9.98. The average Bonchev–Trinajstić information content (AvgIpc) is 3.10. The predicted molar refractivity (Wildman–Crippen MR) is 117 cm³/mol. The number of carbonyl (C=O) groups is 1. The van der Waals surface area contributed by atoms with Crippen LogP contribution >= 0.6 is 0 Å². The molecule has 8 heteroatoms. The Hall–Kier alpha value is -2.84. The highest BCUT2D eigenvalue weighted by Crippen LogP contribution is 2.32. The van der Waals surface area contributed by atoms with Crippen LogP contribution in [0.4, 0.5) is 5.69 Å². The summed E-state index contributed by atoms with van der Waals surface area (Å²) < 4.78 is 33.2. The fraction of sp³-hybridized carbons (Fsp3) is 0.318. The molecule has 7 nitrogen and oxygen atoms in total. The van der Waals surface area contributed by atoms with E-state index in [9.17, 15) is 13.2 Å². The summed E-state index contributed by atoms with van der Waals surface area (Å²) in [5, 5.41) is 3.67. The smallest absolute Gasteiger partial charge is 0.258 e. The number of amides is 1. The van der Waals surface area contributed by atoms with E-state index in [0.717, 1.165) is 35.9 Å². The van der Waals surface area contributed by atoms with Gasteiger partial charge in [-0.15, -0.1) is 0 Å². The van der Waals surface area contributed by atoms with E-state index in [1.54, 1.807) is 12.1 Å². The van der Waals surface area contributed by atoms with Gasteiger partial charge in [-0.05, 0) is 44.0 Å². The van der Waals surface area contributed by atoms with Gasteiger partial charge in [-0.1, -0.05) is 24.6 Å². The molecule has 2 heterocycles. The molecule has 0 aliphatic carbocycles. The predicted octanol–water partition coefficient (Wildman–Crippen LogP) is 3.91. The molecule has 1 amide bonds. The number of hydrogen-bond acceptors (Lipinski definition) is 4. The van der Waals surface area contributed by atoms with Crippen molar-refractivity contribution in [3.63, 3.8) is 0 Å². The zero-order valence-corrected chi connectivity index (χ0v) is 17.9. The van der Waals surface area contributed by atoms with Gasteiger partial charge in [-0.2, -0.15) is 4.31 Å². The third-order valence-electron chi connectivity index (χ3n) is 5.47. The maximum atomic E-state index is 13.2. The Bertz CT molecular complexity index is 1190. The van der Waals surface area contributed by atoms with E-state index in [1.807, 2.05) is 31.2 Å². The standard InChI is InChI=1S/C22H25N3O4S/c1-15-21(17-8-4-5-9-18(17)23-15)22(26)24-16-10-11-19(29-2)20(14-16)30(27,28)25-12-6-3-7-13-25/h4-5,8-11,14,23H,3,6-7,12-13H2,1-2H3,(H,24,26). The largest absolute Gasteiger partial charge is 0.495 e. The van der Waals surface area contributed by atoms with Crippen molar-refractivity contribution in [3.8, 4) is 5.75 Å². The molecule has 158 valence electrons. The van der Waals surface area contributed by atoms with Gasteiger partial charge in [0.25, 0.3) is 5.91 Å². The van der Waals surface area contributed by atoms with Crippen LogP contribution < -0.4 is 10.1 Å². The zero-order chi connectivity index (χ0) is 21.3. The number of aromatic amines is 1. The van der Waals surface area contributed by atoms with Crippen LogP contribution in [0.15, 0.2) is 47.4 Å². The number of aryl methyl sites for hydroxylation is 1. The van der Waals surface area contributed by atoms with Crippen LogP contribution in [0.25, 0.3) is 10.9 Å². The van der Waals surface area contributed by atoms with Crippen molar-refractivity contribution < 1.29 is 17.9 Å². The Morgan fingerprint density at radius 2 is 1.83 bits per heavy atom. The number of methoxy groups -OCH3 is 1. The van der Waals surface area contributed by atoms with Crippen molar-refractivity contribution >= 4 is 32.5 Å². The third-order valence-corrected chi connectivity index (χ3v) is 7.39. The van der Waals surface area contributed by atoms with Crippen LogP contribution in [0, 0.1) is 6.92 Å². The normalized spacial score (nSPS) is 15.3. The number of aromatic nitrogens is 1. The lowest BCUT2D eigenvalue weighted by molar-refractivity contribution is 0.102. The Labute approximate surface area is 176 Å². The molecule has 0 bridgehead atoms. The van der Waals surface area contributed by atoms with E-state index in [4.69, 9.17) is 4.74 Å². The first kappa shape index (κ1) is 20.4. The number of carbonyl (C=O) groups excluding carboxylic acids is 1. The number of benzene rings is 2. The van der Waals surface area contributed by atoms with E-state index in [0.29, 0.717) is 24.3 Å². The number of nitrogens with zero attached hydrogens (tertiary/aromatic N) is 1. The molecule has 1 fully saturated rings. The van der Waals surface area contributed by atoms with E-state index in [1.165, 1.54) is 17.5 Å². The molecule has 0 spiro atoms. The lowest BCUT2D eigenvalue weighted by Crippen LogP contribution is -2.35. The first-order valence-corrected chi connectivity index (χ1v) is 11.4. The molecule has 2 N–H and O–H groups in total. The molecule has 30 heavy (non-hydrogen) atoms. The number of para-hydroxylation sites is 1. The molecule has 1 saturated heterocycles. The van der Waals surface area contributed by atoms with E-state index < -0.39 is 10.0 Å². The second kappa shape index (κ2) is 8.12. The maximum Gasteiger partial charge on any atom is 0.258 e. The number of anilines is 1. The van der Waals surface area contributed by atoms with Crippen molar-refractivity contribution in [1.29, 1.82) is 0 Å². The molecule has 0 saturated carbocycles. The van der Waals surface area contributed by atoms with Crippen molar-refractivity contribution in [1.82, 2.24) is 9.29 Å².